The van der Waals surface area contributed by atoms with Gasteiger partial charge in [0.1, 0.15) is 3.92 Å². The van der Waals surface area contributed by atoms with Gasteiger partial charge in [0.25, 0.3) is 5.91 Å². The summed E-state index contributed by atoms with van der Waals surface area (Å²) in [4.78, 5) is 22.9. The van der Waals surface area contributed by atoms with Crippen LogP contribution in [0, 0.1) is 0 Å². The Balaban J connectivity index is 2.56. The Bertz CT molecular complexity index is 438. The lowest BCUT2D eigenvalue weighted by atomic mass is 10.3. The molecule has 0 saturated heterocycles. The Morgan fingerprint density at radius 3 is 2.71 bits per heavy atom. The molecule has 1 rings (SSSR count). The third kappa shape index (κ3) is 4.49. The van der Waals surface area contributed by atoms with E-state index in [0.29, 0.717) is 5.56 Å². The number of hydrogen-bond acceptors (Lipinski definition) is 4. The molecule has 0 saturated carbocycles. The fourth-order valence-electron chi connectivity index (χ4n) is 0.984. The van der Waals surface area contributed by atoms with Crippen LogP contribution in [-0.4, -0.2) is 29.5 Å². The van der Waals surface area contributed by atoms with Crippen LogP contribution in [0.25, 0.3) is 0 Å². The molecule has 0 radical (unpaired) electrons. The van der Waals surface area contributed by atoms with Crippen LogP contribution in [0.5, 0.6) is 0 Å². The third-order valence-electron chi connectivity index (χ3n) is 1.80. The van der Waals surface area contributed by atoms with Crippen molar-refractivity contribution in [1.82, 2.24) is 5.32 Å². The summed E-state index contributed by atoms with van der Waals surface area (Å²) in [6, 6.07) is 1.73. The van der Waals surface area contributed by atoms with Crippen LogP contribution in [0.15, 0.2) is 13.6 Å². The smallest absolute Gasteiger partial charge is 0.320 e. The first-order chi connectivity index (χ1) is 7.95. The highest BCUT2D eigenvalue weighted by atomic mass is 127. The first kappa shape index (κ1) is 15.4. The zero-order chi connectivity index (χ0) is 13.0. The summed E-state index contributed by atoms with van der Waals surface area (Å²) >= 11 is 9.95. The number of alkyl halides is 1. The van der Waals surface area contributed by atoms with Gasteiger partial charge in [-0.3, -0.25) is 9.59 Å². The van der Waals surface area contributed by atoms with Crippen LogP contribution in [0.4, 0.5) is 0 Å². The van der Waals surface area contributed by atoms with E-state index < -0.39 is 0 Å². The predicted octanol–water partition coefficient (Wildman–Crippen LogP) is 2.98. The molecule has 1 amide bonds. The molecule has 1 aromatic heterocycles. The predicted molar refractivity (Wildman–Crippen MR) is 81.9 cm³/mol. The van der Waals surface area contributed by atoms with Crippen LogP contribution < -0.4 is 5.32 Å². The largest absolute Gasteiger partial charge is 0.468 e. The molecule has 8 heteroatoms. The first-order valence-corrected chi connectivity index (χ1v) is 8.05. The van der Waals surface area contributed by atoms with Gasteiger partial charge in [0.15, 0.2) is 0 Å². The summed E-state index contributed by atoms with van der Waals surface area (Å²) in [5, 5.41) is 2.68. The van der Waals surface area contributed by atoms with Crippen LogP contribution in [0.2, 0.25) is 0 Å². The molecular formula is C9H8Br2INO3S. The lowest BCUT2D eigenvalue weighted by molar-refractivity contribution is -0.139. The van der Waals surface area contributed by atoms with E-state index in [1.807, 2.05) is 22.6 Å². The summed E-state index contributed by atoms with van der Waals surface area (Å²) in [6.45, 7) is 0.242. The number of hydrogen-bond donors (Lipinski definition) is 1. The molecule has 94 valence electrons. The fraction of sp³-hybridized carbons (Fsp3) is 0.333. The van der Waals surface area contributed by atoms with Crippen LogP contribution in [0.3, 0.4) is 0 Å². The van der Waals surface area contributed by atoms with Crippen molar-refractivity contribution in [1.29, 1.82) is 0 Å². The molecule has 0 aliphatic rings. The van der Waals surface area contributed by atoms with E-state index in [2.05, 4.69) is 41.9 Å². The van der Waals surface area contributed by atoms with Gasteiger partial charge >= 0.3 is 5.97 Å². The minimum atomic E-state index is -0.387. The van der Waals surface area contributed by atoms with E-state index in [9.17, 15) is 9.59 Å². The third-order valence-corrected chi connectivity index (χ3v) is 5.09. The molecule has 0 fully saturated rings. The quantitative estimate of drug-likeness (QED) is 0.396. The lowest BCUT2D eigenvalue weighted by Gasteiger charge is -2.08. The maximum Gasteiger partial charge on any atom is 0.320 e. The van der Waals surface area contributed by atoms with Crippen molar-refractivity contribution < 1.29 is 14.3 Å². The number of carbonyl (C=O) groups excluding carboxylic acids is 2. The number of thiophene rings is 1. The highest BCUT2D eigenvalue weighted by Crippen LogP contribution is 2.31. The molecule has 0 aliphatic heterocycles. The molecule has 0 aromatic carbocycles. The summed E-state index contributed by atoms with van der Waals surface area (Å²) in [7, 11) is 1.32. The van der Waals surface area contributed by atoms with E-state index in [1.54, 1.807) is 6.07 Å². The van der Waals surface area contributed by atoms with Crippen molar-refractivity contribution in [3.05, 3.63) is 19.2 Å². The SMILES string of the molecule is COC(=O)C(I)CNC(=O)c1cc(Br)sc1Br. The van der Waals surface area contributed by atoms with Gasteiger partial charge in [-0.1, -0.05) is 22.6 Å². The number of halogens is 3. The number of methoxy groups -OCH3 is 1. The standard InChI is InChI=1S/C9H8Br2INO3S/c1-16-9(15)5(12)3-13-8(14)4-2-6(10)17-7(4)11/h2,5H,3H2,1H3,(H,13,14). The minimum Gasteiger partial charge on any atom is -0.468 e. The number of rotatable bonds is 4. The normalized spacial score (nSPS) is 12.0. The Hall–Kier alpha value is 0.330. The number of carbonyl (C=O) groups is 2. The van der Waals surface area contributed by atoms with Gasteiger partial charge in [-0.25, -0.2) is 0 Å². The molecule has 1 N–H and O–H groups in total. The molecule has 4 nitrogen and oxygen atoms in total. The zero-order valence-electron chi connectivity index (χ0n) is 8.63. The van der Waals surface area contributed by atoms with Gasteiger partial charge in [-0.2, -0.15) is 0 Å². The number of ether oxygens (including phenoxy) is 1. The average Bonchev–Trinajstić information content (AvgIpc) is 2.63. The summed E-state index contributed by atoms with van der Waals surface area (Å²) < 4.78 is 5.80. The lowest BCUT2D eigenvalue weighted by Crippen LogP contribution is -2.33. The van der Waals surface area contributed by atoms with Crippen molar-refractivity contribution in [2.75, 3.05) is 13.7 Å². The Morgan fingerprint density at radius 1 is 1.59 bits per heavy atom. The number of esters is 1. The maximum atomic E-state index is 11.8. The van der Waals surface area contributed by atoms with Gasteiger partial charge in [0, 0.05) is 6.54 Å². The molecule has 0 bridgehead atoms. The van der Waals surface area contributed by atoms with Crippen molar-refractivity contribution in [3.63, 3.8) is 0 Å². The number of nitrogens with one attached hydrogen (secondary N) is 1. The van der Waals surface area contributed by atoms with Gasteiger partial charge in [0.05, 0.1) is 20.2 Å². The second kappa shape index (κ2) is 7.05. The zero-order valence-corrected chi connectivity index (χ0v) is 14.8. The van der Waals surface area contributed by atoms with E-state index in [0.717, 1.165) is 7.57 Å². The first-order valence-electron chi connectivity index (χ1n) is 4.40. The second-order valence-corrected chi connectivity index (χ2v) is 8.19. The van der Waals surface area contributed by atoms with E-state index in [4.69, 9.17) is 0 Å². The van der Waals surface area contributed by atoms with Crippen molar-refractivity contribution in [3.8, 4) is 0 Å². The van der Waals surface area contributed by atoms with Crippen LogP contribution >= 0.6 is 65.8 Å². The van der Waals surface area contributed by atoms with Crippen LogP contribution in [0.1, 0.15) is 10.4 Å². The van der Waals surface area contributed by atoms with Crippen molar-refractivity contribution >= 4 is 77.7 Å². The van der Waals surface area contributed by atoms with E-state index in [1.165, 1.54) is 18.4 Å². The molecule has 0 spiro atoms. The second-order valence-electron chi connectivity index (χ2n) is 2.94. The molecule has 1 heterocycles. The van der Waals surface area contributed by atoms with Crippen LogP contribution in [-0.2, 0) is 9.53 Å². The fourth-order valence-corrected chi connectivity index (χ4v) is 4.25. The van der Waals surface area contributed by atoms with Gasteiger partial charge in [-0.15, -0.1) is 11.3 Å². The number of amides is 1. The summed E-state index contributed by atoms with van der Waals surface area (Å²) in [6.07, 6.45) is 0. The Labute approximate surface area is 133 Å². The van der Waals surface area contributed by atoms with Gasteiger partial charge in [-0.05, 0) is 37.9 Å². The Kier molecular flexibility index (Phi) is 6.38. The van der Waals surface area contributed by atoms with Crippen molar-refractivity contribution in [2.24, 2.45) is 0 Å². The molecular weight excluding hydrogens is 489 g/mol. The molecule has 0 aliphatic carbocycles. The van der Waals surface area contributed by atoms with Gasteiger partial charge in [0.2, 0.25) is 0 Å². The van der Waals surface area contributed by atoms with Gasteiger partial charge < -0.3 is 10.1 Å². The summed E-state index contributed by atoms with van der Waals surface area (Å²) in [5.74, 6) is -0.569. The van der Waals surface area contributed by atoms with E-state index in [-0.39, 0.29) is 22.3 Å². The molecule has 1 unspecified atom stereocenters. The topological polar surface area (TPSA) is 55.4 Å². The van der Waals surface area contributed by atoms with E-state index >= 15 is 0 Å². The highest BCUT2D eigenvalue weighted by Gasteiger charge is 2.18. The minimum absolute atomic E-state index is 0.218. The van der Waals surface area contributed by atoms with Crippen molar-refractivity contribution in [2.45, 2.75) is 3.92 Å². The highest BCUT2D eigenvalue weighted by molar-refractivity contribution is 14.1. The molecule has 1 aromatic rings. The maximum absolute atomic E-state index is 11.8. The molecule has 17 heavy (non-hydrogen) atoms. The average molecular weight is 497 g/mol. The monoisotopic (exact) mass is 495 g/mol. The Morgan fingerprint density at radius 2 is 2.24 bits per heavy atom. The summed E-state index contributed by atoms with van der Waals surface area (Å²) in [5.41, 5.74) is 0.551. The molecule has 1 atom stereocenters.